The summed E-state index contributed by atoms with van der Waals surface area (Å²) in [4.78, 5) is 22.7. The summed E-state index contributed by atoms with van der Waals surface area (Å²) in [5, 5.41) is 3.61. The predicted molar refractivity (Wildman–Crippen MR) is 137 cm³/mol. The highest BCUT2D eigenvalue weighted by atomic mass is 32.2. The van der Waals surface area contributed by atoms with E-state index in [1.165, 1.54) is 17.8 Å². The number of amides is 1. The van der Waals surface area contributed by atoms with E-state index in [0.717, 1.165) is 34.5 Å². The smallest absolute Gasteiger partial charge is 0.324 e. The number of thioether (sulfide) groups is 1. The maximum absolute atomic E-state index is 13.5. The Kier molecular flexibility index (Phi) is 7.40. The zero-order valence-electron chi connectivity index (χ0n) is 20.5. The monoisotopic (exact) mass is 512 g/mol. The van der Waals surface area contributed by atoms with Crippen LogP contribution in [0.2, 0.25) is 0 Å². The number of rotatable bonds is 7. The summed E-state index contributed by atoms with van der Waals surface area (Å²) in [7, 11) is 0. The van der Waals surface area contributed by atoms with Crippen LogP contribution < -0.4 is 5.32 Å². The molecule has 5 nitrogen and oxygen atoms in total. The van der Waals surface area contributed by atoms with E-state index in [1.807, 2.05) is 45.9 Å². The van der Waals surface area contributed by atoms with E-state index in [2.05, 4.69) is 15.3 Å². The molecule has 1 atom stereocenters. The number of aromatic nitrogens is 3. The van der Waals surface area contributed by atoms with Gasteiger partial charge in [0.25, 0.3) is 0 Å². The van der Waals surface area contributed by atoms with Gasteiger partial charge < -0.3 is 5.32 Å². The Bertz CT molecular complexity index is 1390. The van der Waals surface area contributed by atoms with E-state index in [9.17, 15) is 18.0 Å². The molecule has 2 heterocycles. The number of aryl methyl sites for hydroxylation is 3. The summed E-state index contributed by atoms with van der Waals surface area (Å²) in [6.45, 7) is 7.84. The molecule has 0 aliphatic heterocycles. The molecule has 0 aliphatic carbocycles. The molecule has 36 heavy (non-hydrogen) atoms. The number of imidazole rings is 1. The normalized spacial score (nSPS) is 12.6. The molecule has 0 saturated carbocycles. The number of carbonyl (C=O) groups excluding carboxylic acids is 1. The van der Waals surface area contributed by atoms with E-state index in [4.69, 9.17) is 0 Å². The van der Waals surface area contributed by atoms with E-state index >= 15 is 0 Å². The zero-order valence-corrected chi connectivity index (χ0v) is 21.3. The second-order valence-corrected chi connectivity index (χ2v) is 9.73. The lowest BCUT2D eigenvalue weighted by molar-refractivity contribution is -0.137. The molecule has 0 saturated heterocycles. The lowest BCUT2D eigenvalue weighted by Crippen LogP contribution is -2.27. The third-order valence-electron chi connectivity index (χ3n) is 5.96. The van der Waals surface area contributed by atoms with Gasteiger partial charge >= 0.3 is 6.18 Å². The minimum atomic E-state index is -4.41. The summed E-state index contributed by atoms with van der Waals surface area (Å²) in [5.74, 6) is 0.0694. The second-order valence-electron chi connectivity index (χ2n) is 8.78. The van der Waals surface area contributed by atoms with Crippen LogP contribution in [0, 0.1) is 20.8 Å². The molecular formula is C27H27F3N4OS. The molecule has 4 aromatic rings. The van der Waals surface area contributed by atoms with Crippen molar-refractivity contribution in [1.82, 2.24) is 14.5 Å². The minimum Gasteiger partial charge on any atom is -0.324 e. The highest BCUT2D eigenvalue weighted by molar-refractivity contribution is 7.98. The first-order valence-corrected chi connectivity index (χ1v) is 12.6. The van der Waals surface area contributed by atoms with E-state index < -0.39 is 17.8 Å². The van der Waals surface area contributed by atoms with Crippen LogP contribution in [0.1, 0.15) is 47.2 Å². The van der Waals surface area contributed by atoms with Crippen molar-refractivity contribution in [3.05, 3.63) is 82.5 Å². The number of pyridine rings is 1. The highest BCUT2D eigenvalue weighted by Crippen LogP contribution is 2.34. The molecule has 188 valence electrons. The van der Waals surface area contributed by atoms with Crippen molar-refractivity contribution in [2.75, 3.05) is 5.32 Å². The Morgan fingerprint density at radius 3 is 2.47 bits per heavy atom. The number of nitrogens with one attached hydrogen (secondary N) is 1. The van der Waals surface area contributed by atoms with Crippen LogP contribution in [0.3, 0.4) is 0 Å². The fraction of sp³-hybridized carbons (Fsp3) is 0.296. The van der Waals surface area contributed by atoms with Gasteiger partial charge in [0.1, 0.15) is 11.6 Å². The Morgan fingerprint density at radius 1 is 1.08 bits per heavy atom. The van der Waals surface area contributed by atoms with E-state index in [1.54, 1.807) is 22.9 Å². The van der Waals surface area contributed by atoms with Gasteiger partial charge in [0.05, 0.1) is 5.56 Å². The summed E-state index contributed by atoms with van der Waals surface area (Å²) in [6, 6.07) is 12.3. The number of halogens is 3. The van der Waals surface area contributed by atoms with E-state index in [0.29, 0.717) is 28.3 Å². The van der Waals surface area contributed by atoms with Gasteiger partial charge in [0.15, 0.2) is 10.8 Å². The minimum absolute atomic E-state index is 0.196. The van der Waals surface area contributed by atoms with Crippen molar-refractivity contribution in [3.63, 3.8) is 0 Å². The summed E-state index contributed by atoms with van der Waals surface area (Å²) >= 11 is 1.29. The predicted octanol–water partition coefficient (Wildman–Crippen LogP) is 7.26. The lowest BCUT2D eigenvalue weighted by Gasteiger charge is -2.21. The second kappa shape index (κ2) is 10.3. The quantitative estimate of drug-likeness (QED) is 0.265. The molecule has 9 heteroatoms. The number of carbonyl (C=O) groups is 1. The van der Waals surface area contributed by atoms with Crippen LogP contribution in [0.4, 0.5) is 18.9 Å². The van der Waals surface area contributed by atoms with Crippen LogP contribution in [-0.4, -0.2) is 20.4 Å². The average molecular weight is 513 g/mol. The van der Waals surface area contributed by atoms with Crippen LogP contribution in [0.25, 0.3) is 11.2 Å². The first kappa shape index (κ1) is 25.8. The number of nitrogens with zero attached hydrogens (tertiary/aromatic N) is 3. The summed E-state index contributed by atoms with van der Waals surface area (Å²) < 4.78 is 41.3. The molecular weight excluding hydrogens is 485 g/mol. The molecule has 0 spiro atoms. The van der Waals surface area contributed by atoms with Crippen molar-refractivity contribution in [3.8, 4) is 0 Å². The third kappa shape index (κ3) is 5.41. The number of hydrogen-bond donors (Lipinski definition) is 1. The molecule has 1 N–H and O–H groups in total. The largest absolute Gasteiger partial charge is 0.416 e. The average Bonchev–Trinajstić information content (AvgIpc) is 3.18. The summed E-state index contributed by atoms with van der Waals surface area (Å²) in [6.07, 6.45) is -2.29. The molecule has 0 fully saturated rings. The number of fused-ring (bicyclic) bond motifs is 1. The fourth-order valence-electron chi connectivity index (χ4n) is 4.35. The molecule has 1 amide bonds. The standard InChI is InChI=1S/C27H27F3N4OS/c1-5-22(25(35)33-23-17(3)12-16(2)13-18(23)4)34-24-21(10-7-11-31-24)32-26(34)36-15-19-8-6-9-20(14-19)27(28,29)30/h6-14,22H,5,15H2,1-4H3,(H,33,35)/t22-/m1/s1. The first-order chi connectivity index (χ1) is 17.1. The lowest BCUT2D eigenvalue weighted by atomic mass is 10.0. The van der Waals surface area contributed by atoms with Crippen LogP contribution in [0.5, 0.6) is 0 Å². The molecule has 0 bridgehead atoms. The van der Waals surface area contributed by atoms with Gasteiger partial charge in [0, 0.05) is 17.6 Å². The Labute approximate surface area is 212 Å². The van der Waals surface area contributed by atoms with Gasteiger partial charge in [0.2, 0.25) is 5.91 Å². The molecule has 0 radical (unpaired) electrons. The van der Waals surface area contributed by atoms with Crippen molar-refractivity contribution >= 4 is 34.5 Å². The van der Waals surface area contributed by atoms with Gasteiger partial charge in [-0.3, -0.25) is 9.36 Å². The number of benzene rings is 2. The van der Waals surface area contributed by atoms with Gasteiger partial charge in [-0.05, 0) is 62.1 Å². The molecule has 0 unspecified atom stereocenters. The number of alkyl halides is 3. The van der Waals surface area contributed by atoms with Gasteiger partial charge in [-0.25, -0.2) is 9.97 Å². The maximum atomic E-state index is 13.5. The molecule has 2 aromatic carbocycles. The van der Waals surface area contributed by atoms with Crippen molar-refractivity contribution in [1.29, 1.82) is 0 Å². The Morgan fingerprint density at radius 2 is 1.81 bits per heavy atom. The fourth-order valence-corrected chi connectivity index (χ4v) is 5.34. The van der Waals surface area contributed by atoms with Crippen molar-refractivity contribution in [2.45, 2.75) is 57.2 Å². The highest BCUT2D eigenvalue weighted by Gasteiger charge is 2.30. The zero-order chi connectivity index (χ0) is 26.0. The maximum Gasteiger partial charge on any atom is 0.416 e. The number of anilines is 1. The van der Waals surface area contributed by atoms with Crippen molar-refractivity contribution in [2.24, 2.45) is 0 Å². The summed E-state index contributed by atoms with van der Waals surface area (Å²) in [5.41, 5.74) is 4.86. The number of hydrogen-bond acceptors (Lipinski definition) is 4. The topological polar surface area (TPSA) is 59.8 Å². The van der Waals surface area contributed by atoms with Crippen molar-refractivity contribution < 1.29 is 18.0 Å². The third-order valence-corrected chi connectivity index (χ3v) is 6.99. The SMILES string of the molecule is CC[C@H](C(=O)Nc1c(C)cc(C)cc1C)n1c(SCc2cccc(C(F)(F)F)c2)nc2cccnc21. The van der Waals surface area contributed by atoms with Crippen LogP contribution in [-0.2, 0) is 16.7 Å². The van der Waals surface area contributed by atoms with E-state index in [-0.39, 0.29) is 11.7 Å². The van der Waals surface area contributed by atoms with Gasteiger partial charge in [-0.1, -0.05) is 54.6 Å². The van der Waals surface area contributed by atoms with Crippen LogP contribution in [0.15, 0.2) is 59.9 Å². The van der Waals surface area contributed by atoms with Gasteiger partial charge in [-0.15, -0.1) is 0 Å². The molecule has 2 aromatic heterocycles. The first-order valence-electron chi connectivity index (χ1n) is 11.6. The van der Waals surface area contributed by atoms with Gasteiger partial charge in [-0.2, -0.15) is 13.2 Å². The molecule has 0 aliphatic rings. The Hall–Kier alpha value is -3.33. The molecule has 4 rings (SSSR count). The van der Waals surface area contributed by atoms with Crippen LogP contribution >= 0.6 is 11.8 Å². The Balaban J connectivity index is 1.67.